The number of rotatable bonds is 14. The quantitative estimate of drug-likeness (QED) is 0.161. The molecule has 3 heterocycles. The van der Waals surface area contributed by atoms with Gasteiger partial charge >= 0.3 is 6.61 Å². The molecule has 0 bridgehead atoms. The summed E-state index contributed by atoms with van der Waals surface area (Å²) in [5.41, 5.74) is 2.62. The van der Waals surface area contributed by atoms with Gasteiger partial charge < -0.3 is 20.1 Å². The molecule has 2 aromatic heterocycles. The summed E-state index contributed by atoms with van der Waals surface area (Å²) in [5.74, 6) is 0.00334. The summed E-state index contributed by atoms with van der Waals surface area (Å²) in [5, 5.41) is 24.5. The number of hydrogen-bond acceptors (Lipinski definition) is 9. The lowest BCUT2D eigenvalue weighted by Gasteiger charge is -2.07. The third kappa shape index (κ3) is 8.48. The number of hydrogen-bond donors (Lipinski definition) is 2. The highest BCUT2D eigenvalue weighted by Gasteiger charge is 2.39. The number of aryl methyl sites for hydroxylation is 2. The third-order valence-corrected chi connectivity index (χ3v) is 7.06. The number of carbonyl (C=O) groups excluding carboxylic acids is 1. The maximum atomic E-state index is 12.4. The Labute approximate surface area is 234 Å². The number of nitrogens with one attached hydrogen (secondary N) is 2. The highest BCUT2D eigenvalue weighted by atomic mass is 32.1. The van der Waals surface area contributed by atoms with Crippen LogP contribution in [-0.4, -0.2) is 45.2 Å². The van der Waals surface area contributed by atoms with Gasteiger partial charge in [0.2, 0.25) is 11.0 Å². The van der Waals surface area contributed by atoms with E-state index in [4.69, 9.17) is 4.74 Å². The zero-order valence-corrected chi connectivity index (χ0v) is 22.3. The number of epoxide rings is 1. The molecule has 2 N–H and O–H groups in total. The standard InChI is InChI=1S/C28H28F2N6O3S/c29-27(30)38-21-11-6-9-19(15-21)17-24(37)31-23-14-13-20(33-34-23)10-4-5-12-25-35-36-28(40-25)32-26-22(39-26)16-18-7-2-1-3-8-18/h1-3,6-9,11,13-15,22,26-27H,4-5,10,12,16-17H2,(H,32,36)(H,31,34,37). The summed E-state index contributed by atoms with van der Waals surface area (Å²) in [4.78, 5) is 12.3. The van der Waals surface area contributed by atoms with Crippen LogP contribution in [0.5, 0.6) is 5.75 Å². The van der Waals surface area contributed by atoms with Crippen molar-refractivity contribution in [3.8, 4) is 5.75 Å². The van der Waals surface area contributed by atoms with Crippen LogP contribution < -0.4 is 15.4 Å². The van der Waals surface area contributed by atoms with Crippen molar-refractivity contribution in [2.24, 2.45) is 0 Å². The number of unbranched alkanes of at least 4 members (excludes halogenated alkanes) is 1. The lowest BCUT2D eigenvalue weighted by molar-refractivity contribution is -0.115. The lowest BCUT2D eigenvalue weighted by Crippen LogP contribution is -2.16. The Kier molecular flexibility index (Phi) is 9.19. The molecule has 0 radical (unpaired) electrons. The SMILES string of the molecule is O=C(Cc1cccc(OC(F)F)c1)Nc1ccc(CCCCc2nnc(NC3OC3Cc3ccccc3)s2)nn1. The van der Waals surface area contributed by atoms with Crippen molar-refractivity contribution in [3.63, 3.8) is 0 Å². The number of carbonyl (C=O) groups is 1. The van der Waals surface area contributed by atoms with Crippen molar-refractivity contribution in [2.75, 3.05) is 10.6 Å². The molecule has 1 amide bonds. The van der Waals surface area contributed by atoms with Crippen LogP contribution in [0.1, 0.15) is 34.7 Å². The maximum absolute atomic E-state index is 12.4. The first-order valence-electron chi connectivity index (χ1n) is 12.9. The van der Waals surface area contributed by atoms with E-state index in [2.05, 4.69) is 47.9 Å². The molecule has 1 saturated heterocycles. The molecule has 1 fully saturated rings. The van der Waals surface area contributed by atoms with Gasteiger partial charge in [-0.15, -0.1) is 15.3 Å². The Balaban J connectivity index is 0.984. The zero-order chi connectivity index (χ0) is 27.7. The summed E-state index contributed by atoms with van der Waals surface area (Å²) in [6.07, 6.45) is 4.41. The van der Waals surface area contributed by atoms with Crippen molar-refractivity contribution >= 4 is 28.2 Å². The first-order chi connectivity index (χ1) is 19.5. The van der Waals surface area contributed by atoms with Gasteiger partial charge in [-0.25, -0.2) is 0 Å². The van der Waals surface area contributed by atoms with E-state index < -0.39 is 6.61 Å². The molecule has 2 unspecified atom stereocenters. The van der Waals surface area contributed by atoms with Crippen LogP contribution in [-0.2, 0) is 35.2 Å². The lowest BCUT2D eigenvalue weighted by atomic mass is 10.1. The predicted molar refractivity (Wildman–Crippen MR) is 146 cm³/mol. The summed E-state index contributed by atoms with van der Waals surface area (Å²) >= 11 is 1.55. The van der Waals surface area contributed by atoms with Gasteiger partial charge in [0, 0.05) is 12.8 Å². The largest absolute Gasteiger partial charge is 0.435 e. The van der Waals surface area contributed by atoms with Crippen LogP contribution in [0.25, 0.3) is 0 Å². The molecule has 5 rings (SSSR count). The molecule has 9 nitrogen and oxygen atoms in total. The third-order valence-electron chi connectivity index (χ3n) is 6.14. The number of benzene rings is 2. The van der Waals surface area contributed by atoms with Crippen molar-refractivity contribution in [1.29, 1.82) is 0 Å². The molecule has 1 aliphatic rings. The average Bonchev–Trinajstić information content (AvgIpc) is 3.49. The van der Waals surface area contributed by atoms with Gasteiger partial charge in [-0.05, 0) is 54.7 Å². The minimum atomic E-state index is -2.92. The highest BCUT2D eigenvalue weighted by Crippen LogP contribution is 2.29. The molecule has 1 aliphatic heterocycles. The van der Waals surface area contributed by atoms with Crippen molar-refractivity contribution in [3.05, 3.63) is 88.6 Å². The summed E-state index contributed by atoms with van der Waals surface area (Å²) in [6, 6.07) is 19.8. The number of aromatic nitrogens is 4. The van der Waals surface area contributed by atoms with E-state index in [1.54, 1.807) is 29.5 Å². The second-order valence-electron chi connectivity index (χ2n) is 9.30. The normalized spacial score (nSPS) is 16.1. The minimum Gasteiger partial charge on any atom is -0.435 e. The van der Waals surface area contributed by atoms with Crippen LogP contribution >= 0.6 is 11.3 Å². The van der Waals surface area contributed by atoms with E-state index >= 15 is 0 Å². The summed E-state index contributed by atoms with van der Waals surface area (Å²) < 4.78 is 34.9. The second kappa shape index (κ2) is 13.4. The molecule has 0 aliphatic carbocycles. The Morgan fingerprint density at radius 1 is 0.950 bits per heavy atom. The molecule has 0 saturated carbocycles. The topological polar surface area (TPSA) is 114 Å². The first-order valence-corrected chi connectivity index (χ1v) is 13.8. The molecule has 12 heteroatoms. The van der Waals surface area contributed by atoms with Crippen molar-refractivity contribution < 1.29 is 23.0 Å². The summed E-state index contributed by atoms with van der Waals surface area (Å²) in [7, 11) is 0. The van der Waals surface area contributed by atoms with Gasteiger partial charge in [0.15, 0.2) is 12.0 Å². The van der Waals surface area contributed by atoms with Gasteiger partial charge in [0.25, 0.3) is 0 Å². The summed E-state index contributed by atoms with van der Waals surface area (Å²) in [6.45, 7) is -2.92. The Morgan fingerprint density at radius 2 is 1.77 bits per heavy atom. The van der Waals surface area contributed by atoms with E-state index in [0.717, 1.165) is 47.9 Å². The van der Waals surface area contributed by atoms with E-state index in [1.807, 2.05) is 24.3 Å². The number of halogens is 2. The number of nitrogens with zero attached hydrogens (tertiary/aromatic N) is 4. The van der Waals surface area contributed by atoms with E-state index in [1.165, 1.54) is 17.7 Å². The molecule has 2 atom stereocenters. The number of alkyl halides is 2. The van der Waals surface area contributed by atoms with Crippen LogP contribution in [0, 0.1) is 0 Å². The smallest absolute Gasteiger partial charge is 0.387 e. The zero-order valence-electron chi connectivity index (χ0n) is 21.5. The molecular weight excluding hydrogens is 538 g/mol. The Bertz CT molecular complexity index is 1390. The number of amides is 1. The predicted octanol–water partition coefficient (Wildman–Crippen LogP) is 5.06. The maximum Gasteiger partial charge on any atom is 0.387 e. The van der Waals surface area contributed by atoms with Gasteiger partial charge in [-0.2, -0.15) is 13.9 Å². The second-order valence-corrected chi connectivity index (χ2v) is 10.4. The minimum absolute atomic E-state index is 0.00529. The van der Waals surface area contributed by atoms with Crippen LogP contribution in [0.2, 0.25) is 0 Å². The van der Waals surface area contributed by atoms with Crippen molar-refractivity contribution in [1.82, 2.24) is 20.4 Å². The molecule has 2 aromatic carbocycles. The van der Waals surface area contributed by atoms with Gasteiger partial charge in [-0.3, -0.25) is 4.79 Å². The van der Waals surface area contributed by atoms with E-state index in [-0.39, 0.29) is 30.4 Å². The fraction of sp³-hybridized carbons (Fsp3) is 0.321. The fourth-order valence-corrected chi connectivity index (χ4v) is 4.96. The number of anilines is 2. The van der Waals surface area contributed by atoms with Crippen LogP contribution in [0.3, 0.4) is 0 Å². The monoisotopic (exact) mass is 566 g/mol. The van der Waals surface area contributed by atoms with Crippen LogP contribution in [0.15, 0.2) is 66.7 Å². The average molecular weight is 567 g/mol. The Morgan fingerprint density at radius 3 is 2.58 bits per heavy atom. The fourth-order valence-electron chi connectivity index (χ4n) is 4.15. The van der Waals surface area contributed by atoms with Gasteiger partial charge in [0.1, 0.15) is 16.9 Å². The van der Waals surface area contributed by atoms with Crippen LogP contribution in [0.4, 0.5) is 19.7 Å². The molecule has 0 spiro atoms. The first kappa shape index (κ1) is 27.5. The Hall–Kier alpha value is -4.03. The van der Waals surface area contributed by atoms with Gasteiger partial charge in [0.05, 0.1) is 12.1 Å². The van der Waals surface area contributed by atoms with E-state index in [9.17, 15) is 13.6 Å². The van der Waals surface area contributed by atoms with Crippen molar-refractivity contribution in [2.45, 2.75) is 57.5 Å². The molecule has 208 valence electrons. The highest BCUT2D eigenvalue weighted by molar-refractivity contribution is 7.15. The van der Waals surface area contributed by atoms with Gasteiger partial charge in [-0.1, -0.05) is 53.8 Å². The van der Waals surface area contributed by atoms with E-state index in [0.29, 0.717) is 11.4 Å². The number of ether oxygens (including phenoxy) is 2. The molecular formula is C28H28F2N6O3S. The molecule has 40 heavy (non-hydrogen) atoms. The molecule has 4 aromatic rings.